The fraction of sp³-hybridized carbons (Fsp3) is 0.417. The topological polar surface area (TPSA) is 35.5 Å². The predicted octanol–water partition coefficient (Wildman–Crippen LogP) is 2.61. The van der Waals surface area contributed by atoms with Gasteiger partial charge in [0.1, 0.15) is 17.8 Å². The second-order valence-corrected chi connectivity index (χ2v) is 2.86. The zero-order valence-electron chi connectivity index (χ0n) is 9.74. The van der Waals surface area contributed by atoms with E-state index < -0.39 is 0 Å². The first-order chi connectivity index (χ1) is 7.21. The van der Waals surface area contributed by atoms with Crippen LogP contribution in [0.25, 0.3) is 0 Å². The second kappa shape index (κ2) is 7.85. The van der Waals surface area contributed by atoms with E-state index >= 15 is 0 Å². The van der Waals surface area contributed by atoms with Gasteiger partial charge in [0, 0.05) is 12.0 Å². The Balaban J connectivity index is 0.000000423. The SMILES string of the molecule is CCC=O.COc1cccc(OC)c1C. The molecule has 0 radical (unpaired) electrons. The largest absolute Gasteiger partial charge is 0.496 e. The fourth-order valence-electron chi connectivity index (χ4n) is 1.04. The van der Waals surface area contributed by atoms with Crippen LogP contribution in [0.4, 0.5) is 0 Å². The third-order valence-corrected chi connectivity index (χ3v) is 1.84. The maximum absolute atomic E-state index is 9.17. The van der Waals surface area contributed by atoms with Gasteiger partial charge in [-0.15, -0.1) is 0 Å². The molecule has 0 heterocycles. The number of hydrogen-bond donors (Lipinski definition) is 0. The van der Waals surface area contributed by atoms with Crippen LogP contribution >= 0.6 is 0 Å². The molecular weight excluding hydrogens is 192 g/mol. The second-order valence-electron chi connectivity index (χ2n) is 2.86. The van der Waals surface area contributed by atoms with E-state index in [1.165, 1.54) is 0 Å². The van der Waals surface area contributed by atoms with Gasteiger partial charge in [-0.2, -0.15) is 0 Å². The summed E-state index contributed by atoms with van der Waals surface area (Å²) in [6.45, 7) is 3.78. The number of rotatable bonds is 3. The summed E-state index contributed by atoms with van der Waals surface area (Å²) in [5.74, 6) is 1.73. The van der Waals surface area contributed by atoms with E-state index in [9.17, 15) is 4.79 Å². The van der Waals surface area contributed by atoms with Crippen molar-refractivity contribution in [2.45, 2.75) is 20.3 Å². The van der Waals surface area contributed by atoms with Crippen LogP contribution in [0.5, 0.6) is 11.5 Å². The summed E-state index contributed by atoms with van der Waals surface area (Å²) in [6.07, 6.45) is 1.51. The number of ether oxygens (including phenoxy) is 2. The molecule has 0 bridgehead atoms. The summed E-state index contributed by atoms with van der Waals surface area (Å²) >= 11 is 0. The van der Waals surface area contributed by atoms with Crippen LogP contribution in [0, 0.1) is 6.92 Å². The highest BCUT2D eigenvalue weighted by Crippen LogP contribution is 2.26. The van der Waals surface area contributed by atoms with Crippen LogP contribution in [0.1, 0.15) is 18.9 Å². The van der Waals surface area contributed by atoms with E-state index in [1.54, 1.807) is 14.2 Å². The number of hydrogen-bond acceptors (Lipinski definition) is 3. The molecule has 0 N–H and O–H groups in total. The number of aldehydes is 1. The van der Waals surface area contributed by atoms with Gasteiger partial charge in [0.15, 0.2) is 0 Å². The lowest BCUT2D eigenvalue weighted by Crippen LogP contribution is -1.90. The number of benzene rings is 1. The van der Waals surface area contributed by atoms with Crippen LogP contribution in [0.3, 0.4) is 0 Å². The Morgan fingerprint density at radius 1 is 1.20 bits per heavy atom. The highest BCUT2D eigenvalue weighted by atomic mass is 16.5. The van der Waals surface area contributed by atoms with Gasteiger partial charge in [0.2, 0.25) is 0 Å². The van der Waals surface area contributed by atoms with Gasteiger partial charge in [0.05, 0.1) is 14.2 Å². The van der Waals surface area contributed by atoms with Gasteiger partial charge in [-0.05, 0) is 19.1 Å². The average molecular weight is 210 g/mol. The van der Waals surface area contributed by atoms with E-state index in [0.29, 0.717) is 6.42 Å². The van der Waals surface area contributed by atoms with Gasteiger partial charge < -0.3 is 14.3 Å². The third-order valence-electron chi connectivity index (χ3n) is 1.84. The molecule has 3 heteroatoms. The van der Waals surface area contributed by atoms with Crippen molar-refractivity contribution in [1.82, 2.24) is 0 Å². The van der Waals surface area contributed by atoms with E-state index in [0.717, 1.165) is 23.3 Å². The Kier molecular flexibility index (Phi) is 7.06. The predicted molar refractivity (Wildman–Crippen MR) is 60.6 cm³/mol. The zero-order valence-corrected chi connectivity index (χ0v) is 9.74. The molecule has 0 spiro atoms. The molecule has 0 atom stereocenters. The molecule has 0 aromatic heterocycles. The smallest absolute Gasteiger partial charge is 0.125 e. The molecule has 1 aromatic carbocycles. The molecule has 0 aliphatic carbocycles. The molecule has 15 heavy (non-hydrogen) atoms. The van der Waals surface area contributed by atoms with Crippen LogP contribution in [0.15, 0.2) is 18.2 Å². The maximum Gasteiger partial charge on any atom is 0.125 e. The van der Waals surface area contributed by atoms with Gasteiger partial charge in [-0.3, -0.25) is 0 Å². The van der Waals surface area contributed by atoms with Crippen molar-refractivity contribution in [2.75, 3.05) is 14.2 Å². The summed E-state index contributed by atoms with van der Waals surface area (Å²) in [5.41, 5.74) is 1.04. The highest BCUT2D eigenvalue weighted by molar-refractivity contribution is 5.48. The minimum Gasteiger partial charge on any atom is -0.496 e. The van der Waals surface area contributed by atoms with Gasteiger partial charge >= 0.3 is 0 Å². The Bertz CT molecular complexity index is 273. The molecule has 0 unspecified atom stereocenters. The molecule has 1 rings (SSSR count). The van der Waals surface area contributed by atoms with Crippen LogP contribution < -0.4 is 9.47 Å². The molecule has 84 valence electrons. The molecule has 0 fully saturated rings. The average Bonchev–Trinajstić information content (AvgIpc) is 2.30. The minimum atomic E-state index is 0.639. The quantitative estimate of drug-likeness (QED) is 0.719. The summed E-state index contributed by atoms with van der Waals surface area (Å²) in [7, 11) is 3.31. The lowest BCUT2D eigenvalue weighted by molar-refractivity contribution is -0.107. The standard InChI is InChI=1S/C9H12O2.C3H6O/c1-7-8(10-2)5-4-6-9(7)11-3;1-2-3-4/h4-6H,1-3H3;3H,2H2,1H3. The first kappa shape index (κ1) is 13.5. The van der Waals surface area contributed by atoms with Crippen molar-refractivity contribution < 1.29 is 14.3 Å². The van der Waals surface area contributed by atoms with Crippen molar-refractivity contribution in [3.05, 3.63) is 23.8 Å². The number of carbonyl (C=O) groups is 1. The first-order valence-corrected chi connectivity index (χ1v) is 4.82. The Labute approximate surface area is 91.0 Å². The molecule has 0 saturated carbocycles. The molecule has 1 aromatic rings. The lowest BCUT2D eigenvalue weighted by atomic mass is 10.2. The summed E-state index contributed by atoms with van der Waals surface area (Å²) < 4.78 is 10.2. The summed E-state index contributed by atoms with van der Waals surface area (Å²) in [5, 5.41) is 0. The van der Waals surface area contributed by atoms with Gasteiger partial charge in [-0.1, -0.05) is 13.0 Å². The molecule has 0 amide bonds. The van der Waals surface area contributed by atoms with Crippen LogP contribution in [-0.4, -0.2) is 20.5 Å². The number of carbonyl (C=O) groups excluding carboxylic acids is 1. The summed E-state index contributed by atoms with van der Waals surface area (Å²) in [4.78, 5) is 9.17. The van der Waals surface area contributed by atoms with E-state index in [4.69, 9.17) is 9.47 Å². The van der Waals surface area contributed by atoms with Crippen molar-refractivity contribution in [1.29, 1.82) is 0 Å². The van der Waals surface area contributed by atoms with Crippen molar-refractivity contribution in [2.24, 2.45) is 0 Å². The summed E-state index contributed by atoms with van der Waals surface area (Å²) in [6, 6.07) is 5.74. The first-order valence-electron chi connectivity index (χ1n) is 4.82. The Hall–Kier alpha value is -1.51. The monoisotopic (exact) mass is 210 g/mol. The maximum atomic E-state index is 9.17. The van der Waals surface area contributed by atoms with Crippen molar-refractivity contribution >= 4 is 6.29 Å². The zero-order chi connectivity index (χ0) is 11.7. The molecule has 0 aliphatic rings. The van der Waals surface area contributed by atoms with Crippen molar-refractivity contribution in [3.8, 4) is 11.5 Å². The van der Waals surface area contributed by atoms with Gasteiger partial charge in [-0.25, -0.2) is 0 Å². The third kappa shape index (κ3) is 4.49. The Morgan fingerprint density at radius 2 is 1.60 bits per heavy atom. The van der Waals surface area contributed by atoms with E-state index in [2.05, 4.69) is 0 Å². The fourth-order valence-corrected chi connectivity index (χ4v) is 1.04. The minimum absolute atomic E-state index is 0.639. The lowest BCUT2D eigenvalue weighted by Gasteiger charge is -2.07. The highest BCUT2D eigenvalue weighted by Gasteiger charge is 2.01. The molecule has 0 saturated heterocycles. The normalized spacial score (nSPS) is 8.53. The van der Waals surface area contributed by atoms with Crippen LogP contribution in [-0.2, 0) is 4.79 Å². The number of methoxy groups -OCH3 is 2. The van der Waals surface area contributed by atoms with E-state index in [-0.39, 0.29) is 0 Å². The molecular formula is C12H18O3. The molecule has 0 aliphatic heterocycles. The van der Waals surface area contributed by atoms with Crippen molar-refractivity contribution in [3.63, 3.8) is 0 Å². The van der Waals surface area contributed by atoms with E-state index in [1.807, 2.05) is 32.0 Å². The molecule has 3 nitrogen and oxygen atoms in total. The Morgan fingerprint density at radius 3 is 1.87 bits per heavy atom. The van der Waals surface area contributed by atoms with Crippen LogP contribution in [0.2, 0.25) is 0 Å². The van der Waals surface area contributed by atoms with Gasteiger partial charge in [0.25, 0.3) is 0 Å².